The lowest BCUT2D eigenvalue weighted by Gasteiger charge is -2.19. The largest absolute Gasteiger partial charge is 0.511 e. The summed E-state index contributed by atoms with van der Waals surface area (Å²) < 4.78 is 49.5. The third-order valence-electron chi connectivity index (χ3n) is 7.78. The van der Waals surface area contributed by atoms with Gasteiger partial charge in [0.15, 0.2) is 17.4 Å². The lowest BCUT2D eigenvalue weighted by Crippen LogP contribution is -2.31. The molecule has 292 valence electrons. The van der Waals surface area contributed by atoms with Crippen LogP contribution in [0.25, 0.3) is 5.95 Å². The molecule has 2 N–H and O–H groups in total. The number of benzene rings is 2. The van der Waals surface area contributed by atoms with Crippen molar-refractivity contribution in [3.05, 3.63) is 101 Å². The second-order valence-electron chi connectivity index (χ2n) is 12.3. The normalized spacial score (nSPS) is 11.3. The minimum atomic E-state index is -0.924. The number of carbonyl (C=O) groups excluding carboxylic acids is 3. The van der Waals surface area contributed by atoms with Gasteiger partial charge < -0.3 is 28.4 Å². The number of rotatable bonds is 18. The molecule has 16 nitrogen and oxygen atoms in total. The lowest BCUT2D eigenvalue weighted by molar-refractivity contribution is -0.141. The highest BCUT2D eigenvalue weighted by Gasteiger charge is 2.29. The van der Waals surface area contributed by atoms with Crippen LogP contribution >= 0.6 is 0 Å². The third-order valence-corrected chi connectivity index (χ3v) is 7.78. The zero-order chi connectivity index (χ0) is 39.9. The van der Waals surface area contributed by atoms with E-state index >= 15 is 4.39 Å². The predicted octanol–water partition coefficient (Wildman–Crippen LogP) is 6.13. The summed E-state index contributed by atoms with van der Waals surface area (Å²) in [5.74, 6) is -2.18. The van der Waals surface area contributed by atoms with Crippen molar-refractivity contribution >= 4 is 24.1 Å². The number of halogens is 1. The van der Waals surface area contributed by atoms with Crippen LogP contribution in [0.4, 0.5) is 14.0 Å². The van der Waals surface area contributed by atoms with Crippen molar-refractivity contribution in [2.45, 2.75) is 65.9 Å². The van der Waals surface area contributed by atoms with E-state index in [0.29, 0.717) is 35.1 Å². The smallest absolute Gasteiger partial charge is 0.487 e. The van der Waals surface area contributed by atoms with Crippen LogP contribution in [0, 0.1) is 18.2 Å². The van der Waals surface area contributed by atoms with Crippen molar-refractivity contribution in [1.82, 2.24) is 30.0 Å². The van der Waals surface area contributed by atoms with E-state index in [2.05, 4.69) is 31.9 Å². The fourth-order valence-electron chi connectivity index (χ4n) is 5.08. The molecule has 0 saturated carbocycles. The van der Waals surface area contributed by atoms with Crippen LogP contribution in [0.15, 0.2) is 67.0 Å². The van der Waals surface area contributed by atoms with Crippen molar-refractivity contribution in [2.24, 2.45) is 0 Å². The van der Waals surface area contributed by atoms with Gasteiger partial charge in [-0.25, -0.2) is 23.9 Å². The molecule has 17 heteroatoms. The molecule has 0 saturated heterocycles. The maximum absolute atomic E-state index is 16.5. The number of nitrogens with zero attached hydrogens (tertiary/aromatic N) is 5. The first kappa shape index (κ1) is 41.4. The number of amidine groups is 1. The van der Waals surface area contributed by atoms with Crippen molar-refractivity contribution in [1.29, 1.82) is 5.41 Å². The average molecular weight is 762 g/mol. The number of alkyl carbamates (subject to hydrolysis) is 1. The molecule has 1 atom stereocenters. The zero-order valence-corrected chi connectivity index (χ0v) is 31.3. The molecule has 0 radical (unpaired) electrons. The standard InChI is InChI=1S/C38H44FN7O9/c1-7-28(8-2)55-38(49)54-22-53-36-44-34(45-46(36)35-41-14-9-15-42-35)30(29-18-24(5)19-31(32(29)39)51-17-16-50-25(6)47)20-26-10-12-27(13-11-26)33(40)43-37(48)52-21-23(3)4/h9-15,18-19,28,30H,3,7-8,16-17,20-22H2,1-2,4-6H3,(H2,40,43,48)/t30-/m1/s1. The molecule has 0 unspecified atom stereocenters. The first-order valence-electron chi connectivity index (χ1n) is 17.4. The molecule has 2 aromatic heterocycles. The van der Waals surface area contributed by atoms with Crippen LogP contribution in [0.5, 0.6) is 11.8 Å². The molecule has 0 spiro atoms. The Bertz CT molecular complexity index is 1950. The van der Waals surface area contributed by atoms with Gasteiger partial charge in [0.1, 0.15) is 31.8 Å². The molecule has 4 rings (SSSR count). The minimum Gasteiger partial charge on any atom is -0.487 e. The number of ether oxygens (including phenoxy) is 6. The molecule has 0 bridgehead atoms. The number of carbonyl (C=O) groups is 3. The maximum atomic E-state index is 16.5. The summed E-state index contributed by atoms with van der Waals surface area (Å²) >= 11 is 0. The highest BCUT2D eigenvalue weighted by atomic mass is 19.1. The Morgan fingerprint density at radius 3 is 2.35 bits per heavy atom. The predicted molar refractivity (Wildman–Crippen MR) is 196 cm³/mol. The lowest BCUT2D eigenvalue weighted by atomic mass is 9.89. The van der Waals surface area contributed by atoms with E-state index in [4.69, 9.17) is 33.8 Å². The maximum Gasteiger partial charge on any atom is 0.511 e. The van der Waals surface area contributed by atoms with Crippen molar-refractivity contribution in [3.63, 3.8) is 0 Å². The van der Waals surface area contributed by atoms with Crippen molar-refractivity contribution in [2.75, 3.05) is 26.6 Å². The molecule has 0 aliphatic carbocycles. The first-order chi connectivity index (χ1) is 26.4. The Labute approximate surface area is 317 Å². The molecule has 2 aromatic carbocycles. The number of hydrogen-bond donors (Lipinski definition) is 2. The van der Waals surface area contributed by atoms with Gasteiger partial charge in [-0.2, -0.15) is 4.98 Å². The summed E-state index contributed by atoms with van der Waals surface area (Å²) in [5.41, 5.74) is 2.55. The molecule has 4 aromatic rings. The number of aromatic nitrogens is 5. The second-order valence-corrected chi connectivity index (χ2v) is 12.3. The summed E-state index contributed by atoms with van der Waals surface area (Å²) in [4.78, 5) is 48.8. The molecular weight excluding hydrogens is 717 g/mol. The Kier molecular flexibility index (Phi) is 15.2. The molecule has 0 aliphatic heterocycles. The first-order valence-corrected chi connectivity index (χ1v) is 17.4. The topological polar surface area (TPSA) is 199 Å². The number of nitrogens with one attached hydrogen (secondary N) is 2. The molecule has 1 amide bonds. The van der Waals surface area contributed by atoms with Gasteiger partial charge in [-0.3, -0.25) is 15.5 Å². The van der Waals surface area contributed by atoms with E-state index in [-0.39, 0.29) is 67.3 Å². The molecule has 0 fully saturated rings. The Morgan fingerprint density at radius 1 is 0.982 bits per heavy atom. The monoisotopic (exact) mass is 761 g/mol. The van der Waals surface area contributed by atoms with Gasteiger partial charge in [-0.15, -0.1) is 9.78 Å². The molecule has 0 aliphatic rings. The van der Waals surface area contributed by atoms with Gasteiger partial charge >= 0.3 is 24.2 Å². The van der Waals surface area contributed by atoms with Crippen LogP contribution in [-0.2, 0) is 30.2 Å². The fourth-order valence-corrected chi connectivity index (χ4v) is 5.08. The SMILES string of the molecule is C=C(C)COC(=O)NC(=N)c1ccc(C[C@@H](c2nc(OCOC(=O)OC(CC)CC)n(-c3ncccn3)n2)c2cc(C)cc(OCCOC(C)=O)c2F)cc1. The van der Waals surface area contributed by atoms with E-state index in [1.165, 1.54) is 30.1 Å². The Morgan fingerprint density at radius 2 is 1.69 bits per heavy atom. The van der Waals surface area contributed by atoms with Gasteiger partial charge in [0, 0.05) is 30.4 Å². The van der Waals surface area contributed by atoms with Crippen LogP contribution < -0.4 is 14.8 Å². The van der Waals surface area contributed by atoms with E-state index in [1.807, 2.05) is 13.8 Å². The second kappa shape index (κ2) is 20.2. The summed E-state index contributed by atoms with van der Waals surface area (Å²) in [6.45, 7) is 11.4. The highest BCUT2D eigenvalue weighted by Crippen LogP contribution is 2.35. The van der Waals surface area contributed by atoms with Gasteiger partial charge in [0.2, 0.25) is 6.79 Å². The number of esters is 1. The van der Waals surface area contributed by atoms with Gasteiger partial charge in [0.25, 0.3) is 5.95 Å². The van der Waals surface area contributed by atoms with E-state index in [1.54, 1.807) is 50.2 Å². The van der Waals surface area contributed by atoms with E-state index in [9.17, 15) is 14.4 Å². The summed E-state index contributed by atoms with van der Waals surface area (Å²) in [6, 6.07) is 11.3. The molecular formula is C38H44FN7O9. The Balaban J connectivity index is 1.70. The summed E-state index contributed by atoms with van der Waals surface area (Å²) in [6.07, 6.45) is 2.29. The zero-order valence-electron chi connectivity index (χ0n) is 31.3. The Hall–Kier alpha value is -6.39. The number of amides is 1. The fraction of sp³-hybridized carbons (Fsp3) is 0.368. The summed E-state index contributed by atoms with van der Waals surface area (Å²) in [7, 11) is 0. The third kappa shape index (κ3) is 12.3. The van der Waals surface area contributed by atoms with Crippen LogP contribution in [0.1, 0.15) is 74.5 Å². The number of aryl methyl sites for hydroxylation is 1. The minimum absolute atomic E-state index is 0.0127. The van der Waals surface area contributed by atoms with Gasteiger partial charge in [0.05, 0.1) is 5.92 Å². The van der Waals surface area contributed by atoms with Crippen molar-refractivity contribution < 1.29 is 47.2 Å². The quantitative estimate of drug-likeness (QED) is 0.0224. The molecule has 2 heterocycles. The van der Waals surface area contributed by atoms with Gasteiger partial charge in [-0.05, 0) is 61.9 Å². The summed E-state index contributed by atoms with van der Waals surface area (Å²) in [5, 5.41) is 15.3. The van der Waals surface area contributed by atoms with Crippen LogP contribution in [0.3, 0.4) is 0 Å². The number of hydrogen-bond acceptors (Lipinski definition) is 14. The average Bonchev–Trinajstić information content (AvgIpc) is 3.59. The van der Waals surface area contributed by atoms with Gasteiger partial charge in [-0.1, -0.05) is 50.8 Å². The van der Waals surface area contributed by atoms with E-state index < -0.39 is 36.7 Å². The highest BCUT2D eigenvalue weighted by molar-refractivity contribution is 6.04. The van der Waals surface area contributed by atoms with Crippen LogP contribution in [-0.4, -0.2) is 81.5 Å². The van der Waals surface area contributed by atoms with E-state index in [0.717, 1.165) is 0 Å². The molecule has 55 heavy (non-hydrogen) atoms. The van der Waals surface area contributed by atoms with Crippen molar-refractivity contribution in [3.8, 4) is 17.7 Å². The van der Waals surface area contributed by atoms with Crippen LogP contribution in [0.2, 0.25) is 0 Å².